The number of rotatable bonds is 9. The fourth-order valence-corrected chi connectivity index (χ4v) is 3.52. The van der Waals surface area contributed by atoms with Crippen LogP contribution in [0, 0.1) is 0 Å². The van der Waals surface area contributed by atoms with Crippen LogP contribution in [-0.2, 0) is 14.3 Å². The molecule has 1 heterocycles. The lowest BCUT2D eigenvalue weighted by Crippen LogP contribution is -2.38. The van der Waals surface area contributed by atoms with Crippen LogP contribution in [0.1, 0.15) is 38.3 Å². The van der Waals surface area contributed by atoms with Gasteiger partial charge in [0, 0.05) is 0 Å². The highest BCUT2D eigenvalue weighted by atomic mass is 32.2. The summed E-state index contributed by atoms with van der Waals surface area (Å²) in [6.45, 7) is 3.64. The lowest BCUT2D eigenvalue weighted by atomic mass is 10.0. The Hall–Kier alpha value is -2.80. The van der Waals surface area contributed by atoms with Crippen LogP contribution in [0.4, 0.5) is 0 Å². The van der Waals surface area contributed by atoms with Gasteiger partial charge in [0.2, 0.25) is 0 Å². The summed E-state index contributed by atoms with van der Waals surface area (Å²) in [5.74, 6) is -0.791. The maximum Gasteiger partial charge on any atom is 0.317 e. The minimum atomic E-state index is -0.880. The van der Waals surface area contributed by atoms with Gasteiger partial charge >= 0.3 is 5.97 Å². The van der Waals surface area contributed by atoms with Crippen LogP contribution < -0.4 is 5.32 Å². The van der Waals surface area contributed by atoms with Gasteiger partial charge in [0.1, 0.15) is 11.3 Å². The molecule has 3 aromatic rings. The number of thioether (sulfide) groups is 1. The Balaban J connectivity index is 1.50. The standard InChI is InChI=1S/C22H24N2O4S/c1-3-9-17(16-10-5-4-6-11-16)23-21(26)15(2)27-20(25)14-29-22-24-18-12-7-8-13-19(18)28-22/h4-8,10-13,15,17H,3,9,14H2,1-2H3,(H,23,26)/t15-,17+/m1/s1. The molecule has 0 fully saturated rings. The van der Waals surface area contributed by atoms with E-state index >= 15 is 0 Å². The molecule has 0 radical (unpaired) electrons. The highest BCUT2D eigenvalue weighted by Gasteiger charge is 2.22. The van der Waals surface area contributed by atoms with Crippen LogP contribution >= 0.6 is 11.8 Å². The number of carbonyl (C=O) groups excluding carboxylic acids is 2. The molecule has 0 saturated carbocycles. The zero-order valence-corrected chi connectivity index (χ0v) is 17.3. The average Bonchev–Trinajstić information content (AvgIpc) is 3.15. The molecule has 29 heavy (non-hydrogen) atoms. The number of aromatic nitrogens is 1. The molecule has 2 aromatic carbocycles. The summed E-state index contributed by atoms with van der Waals surface area (Å²) in [6, 6.07) is 17.1. The lowest BCUT2D eigenvalue weighted by molar-refractivity contribution is -0.152. The molecule has 1 amide bonds. The fourth-order valence-electron chi connectivity index (χ4n) is 2.90. The van der Waals surface area contributed by atoms with Crippen LogP contribution in [0.15, 0.2) is 64.2 Å². The van der Waals surface area contributed by atoms with Gasteiger partial charge in [-0.15, -0.1) is 0 Å². The molecule has 0 spiro atoms. The molecule has 6 nitrogen and oxygen atoms in total. The molecule has 0 aliphatic rings. The van der Waals surface area contributed by atoms with E-state index in [1.807, 2.05) is 54.6 Å². The number of esters is 1. The number of nitrogens with zero attached hydrogens (tertiary/aromatic N) is 1. The van der Waals surface area contributed by atoms with Crippen molar-refractivity contribution in [2.45, 2.75) is 44.1 Å². The molecule has 0 bridgehead atoms. The van der Waals surface area contributed by atoms with E-state index in [2.05, 4.69) is 17.2 Å². The smallest absolute Gasteiger partial charge is 0.317 e. The van der Waals surface area contributed by atoms with Crippen LogP contribution in [0.25, 0.3) is 11.1 Å². The van der Waals surface area contributed by atoms with Gasteiger partial charge in [0.25, 0.3) is 11.1 Å². The van der Waals surface area contributed by atoms with Crippen molar-refractivity contribution < 1.29 is 18.7 Å². The largest absolute Gasteiger partial charge is 0.452 e. The quantitative estimate of drug-likeness (QED) is 0.411. The Morgan fingerprint density at radius 1 is 1.14 bits per heavy atom. The number of oxazole rings is 1. The van der Waals surface area contributed by atoms with Crippen molar-refractivity contribution in [1.82, 2.24) is 10.3 Å². The molecule has 1 N–H and O–H groups in total. The van der Waals surface area contributed by atoms with E-state index in [4.69, 9.17) is 9.15 Å². The summed E-state index contributed by atoms with van der Waals surface area (Å²) in [5.41, 5.74) is 2.44. The number of amides is 1. The summed E-state index contributed by atoms with van der Waals surface area (Å²) < 4.78 is 10.8. The summed E-state index contributed by atoms with van der Waals surface area (Å²) in [4.78, 5) is 28.9. The topological polar surface area (TPSA) is 81.4 Å². The Labute approximate surface area is 174 Å². The third kappa shape index (κ3) is 5.84. The molecule has 0 aliphatic heterocycles. The Morgan fingerprint density at radius 3 is 2.59 bits per heavy atom. The summed E-state index contributed by atoms with van der Waals surface area (Å²) >= 11 is 1.14. The minimum absolute atomic E-state index is 0.0154. The second-order valence-electron chi connectivity index (χ2n) is 6.63. The van der Waals surface area contributed by atoms with E-state index in [1.165, 1.54) is 0 Å². The van der Waals surface area contributed by atoms with E-state index in [0.29, 0.717) is 10.8 Å². The minimum Gasteiger partial charge on any atom is -0.452 e. The van der Waals surface area contributed by atoms with E-state index in [9.17, 15) is 9.59 Å². The molecular formula is C22H24N2O4S. The fraction of sp³-hybridized carbons (Fsp3) is 0.318. The molecule has 7 heteroatoms. The number of carbonyl (C=O) groups is 2. The summed E-state index contributed by atoms with van der Waals surface area (Å²) in [6.07, 6.45) is 0.855. The third-order valence-electron chi connectivity index (χ3n) is 4.36. The number of fused-ring (bicyclic) bond motifs is 1. The molecule has 1 aromatic heterocycles. The molecule has 0 saturated heterocycles. The van der Waals surface area contributed by atoms with Gasteiger partial charge in [-0.05, 0) is 31.0 Å². The average molecular weight is 413 g/mol. The lowest BCUT2D eigenvalue weighted by Gasteiger charge is -2.21. The molecule has 0 unspecified atom stereocenters. The van der Waals surface area contributed by atoms with Gasteiger partial charge in [-0.1, -0.05) is 67.6 Å². The van der Waals surface area contributed by atoms with Crippen LogP contribution in [0.3, 0.4) is 0 Å². The van der Waals surface area contributed by atoms with Crippen molar-refractivity contribution in [2.75, 3.05) is 5.75 Å². The Bertz CT molecular complexity index is 925. The monoisotopic (exact) mass is 412 g/mol. The van der Waals surface area contributed by atoms with E-state index < -0.39 is 12.1 Å². The first-order chi connectivity index (χ1) is 14.1. The zero-order chi connectivity index (χ0) is 20.6. The summed E-state index contributed by atoms with van der Waals surface area (Å²) in [7, 11) is 0. The van der Waals surface area contributed by atoms with E-state index in [1.54, 1.807) is 6.92 Å². The molecule has 0 aliphatic carbocycles. The van der Waals surface area contributed by atoms with Crippen molar-refractivity contribution in [3.8, 4) is 0 Å². The Morgan fingerprint density at radius 2 is 1.86 bits per heavy atom. The van der Waals surface area contributed by atoms with E-state index in [0.717, 1.165) is 35.7 Å². The van der Waals surface area contributed by atoms with Gasteiger partial charge in [-0.25, -0.2) is 4.98 Å². The number of ether oxygens (including phenoxy) is 1. The van der Waals surface area contributed by atoms with Crippen molar-refractivity contribution in [1.29, 1.82) is 0 Å². The molecular weight excluding hydrogens is 388 g/mol. The highest BCUT2D eigenvalue weighted by Crippen LogP contribution is 2.23. The van der Waals surface area contributed by atoms with Crippen LogP contribution in [0.2, 0.25) is 0 Å². The van der Waals surface area contributed by atoms with Crippen LogP contribution in [0.5, 0.6) is 0 Å². The third-order valence-corrected chi connectivity index (χ3v) is 5.16. The normalized spacial score (nSPS) is 13.0. The van der Waals surface area contributed by atoms with E-state index in [-0.39, 0.29) is 17.7 Å². The first kappa shape index (κ1) is 20.9. The number of hydrogen-bond donors (Lipinski definition) is 1. The van der Waals surface area contributed by atoms with Gasteiger partial charge in [0.15, 0.2) is 11.7 Å². The first-order valence-corrected chi connectivity index (χ1v) is 10.6. The second-order valence-corrected chi connectivity index (χ2v) is 7.56. The van der Waals surface area contributed by atoms with Crippen LogP contribution in [-0.4, -0.2) is 28.7 Å². The van der Waals surface area contributed by atoms with Gasteiger partial charge < -0.3 is 14.5 Å². The first-order valence-electron chi connectivity index (χ1n) is 9.60. The number of hydrogen-bond acceptors (Lipinski definition) is 6. The van der Waals surface area contributed by atoms with Gasteiger partial charge in [-0.3, -0.25) is 9.59 Å². The molecule has 152 valence electrons. The van der Waals surface area contributed by atoms with Crippen molar-refractivity contribution >= 4 is 34.7 Å². The van der Waals surface area contributed by atoms with Crippen molar-refractivity contribution in [2.24, 2.45) is 0 Å². The number of benzene rings is 2. The molecule has 3 rings (SSSR count). The number of para-hydroxylation sites is 2. The van der Waals surface area contributed by atoms with Crippen molar-refractivity contribution in [3.05, 3.63) is 60.2 Å². The van der Waals surface area contributed by atoms with Gasteiger partial charge in [0.05, 0.1) is 6.04 Å². The predicted molar refractivity (Wildman–Crippen MR) is 113 cm³/mol. The SMILES string of the molecule is CCC[C@H](NC(=O)[C@@H](C)OC(=O)CSc1nc2ccccc2o1)c1ccccc1. The predicted octanol–water partition coefficient (Wildman–Crippen LogP) is 4.51. The maximum absolute atomic E-state index is 12.5. The highest BCUT2D eigenvalue weighted by molar-refractivity contribution is 7.99. The molecule has 2 atom stereocenters. The maximum atomic E-state index is 12.5. The number of nitrogens with one attached hydrogen (secondary N) is 1. The Kier molecular flexibility index (Phi) is 7.30. The summed E-state index contributed by atoms with van der Waals surface area (Å²) in [5, 5.41) is 3.37. The zero-order valence-electron chi connectivity index (χ0n) is 16.5. The van der Waals surface area contributed by atoms with Crippen molar-refractivity contribution in [3.63, 3.8) is 0 Å². The van der Waals surface area contributed by atoms with Gasteiger partial charge in [-0.2, -0.15) is 0 Å². The second kappa shape index (κ2) is 10.1.